The molecule has 3 rings (SSSR count). The van der Waals surface area contributed by atoms with E-state index in [2.05, 4.69) is 16.0 Å². The van der Waals surface area contributed by atoms with Crippen LogP contribution in [-0.4, -0.2) is 17.7 Å². The van der Waals surface area contributed by atoms with Gasteiger partial charge in [-0.15, -0.1) is 0 Å². The van der Waals surface area contributed by atoms with E-state index in [9.17, 15) is 14.4 Å². The van der Waals surface area contributed by atoms with E-state index >= 15 is 0 Å². The molecule has 30 heavy (non-hydrogen) atoms. The number of hydrogen-bond donors (Lipinski definition) is 3. The minimum Gasteiger partial charge on any atom is -0.326 e. The second-order valence-corrected chi connectivity index (χ2v) is 6.81. The lowest BCUT2D eigenvalue weighted by atomic mass is 10.1. The van der Waals surface area contributed by atoms with Gasteiger partial charge in [0.15, 0.2) is 0 Å². The quantitative estimate of drug-likeness (QED) is 0.552. The zero-order valence-corrected chi connectivity index (χ0v) is 16.9. The molecule has 0 saturated carbocycles. The van der Waals surface area contributed by atoms with Crippen LogP contribution in [0.2, 0.25) is 0 Å². The van der Waals surface area contributed by atoms with Crippen molar-refractivity contribution in [1.82, 2.24) is 0 Å². The number of para-hydroxylation sites is 1. The van der Waals surface area contributed by atoms with E-state index < -0.39 is 0 Å². The third kappa shape index (κ3) is 5.32. The first kappa shape index (κ1) is 20.8. The van der Waals surface area contributed by atoms with Crippen LogP contribution in [0.3, 0.4) is 0 Å². The highest BCUT2D eigenvalue weighted by atomic mass is 16.2. The van der Waals surface area contributed by atoms with Crippen LogP contribution in [0.5, 0.6) is 0 Å². The highest BCUT2D eigenvalue weighted by Crippen LogP contribution is 2.20. The molecule has 0 radical (unpaired) electrons. The molecule has 6 nitrogen and oxygen atoms in total. The third-order valence-electron chi connectivity index (χ3n) is 4.43. The molecule has 0 fully saturated rings. The zero-order chi connectivity index (χ0) is 21.5. The minimum absolute atomic E-state index is 0.134. The number of rotatable bonds is 6. The molecule has 6 heteroatoms. The number of carbonyl (C=O) groups excluding carboxylic acids is 3. The summed E-state index contributed by atoms with van der Waals surface area (Å²) in [6.45, 7) is 3.70. The van der Waals surface area contributed by atoms with E-state index in [1.165, 1.54) is 0 Å². The van der Waals surface area contributed by atoms with Crippen LogP contribution in [0.4, 0.5) is 17.1 Å². The number of hydrogen-bond acceptors (Lipinski definition) is 3. The lowest BCUT2D eigenvalue weighted by Gasteiger charge is -2.12. The van der Waals surface area contributed by atoms with Crippen molar-refractivity contribution in [2.75, 3.05) is 16.0 Å². The van der Waals surface area contributed by atoms with Gasteiger partial charge in [0.05, 0.1) is 11.3 Å². The molecule has 0 atom stereocenters. The van der Waals surface area contributed by atoms with Gasteiger partial charge in [-0.25, -0.2) is 0 Å². The monoisotopic (exact) mass is 401 g/mol. The van der Waals surface area contributed by atoms with Crippen molar-refractivity contribution in [3.05, 3.63) is 89.5 Å². The summed E-state index contributed by atoms with van der Waals surface area (Å²) in [6, 6.07) is 20.9. The number of anilines is 3. The summed E-state index contributed by atoms with van der Waals surface area (Å²) >= 11 is 0. The molecule has 0 bridgehead atoms. The van der Waals surface area contributed by atoms with E-state index in [1.807, 2.05) is 31.2 Å². The van der Waals surface area contributed by atoms with Gasteiger partial charge in [-0.3, -0.25) is 14.4 Å². The second-order valence-electron chi connectivity index (χ2n) is 6.81. The van der Waals surface area contributed by atoms with Crippen molar-refractivity contribution in [2.45, 2.75) is 20.3 Å². The summed E-state index contributed by atoms with van der Waals surface area (Å²) in [7, 11) is 0. The van der Waals surface area contributed by atoms with Crippen LogP contribution in [0.25, 0.3) is 0 Å². The molecule has 3 aromatic carbocycles. The number of aryl methyl sites for hydroxylation is 1. The fourth-order valence-electron chi connectivity index (χ4n) is 2.89. The lowest BCUT2D eigenvalue weighted by molar-refractivity contribution is -0.115. The number of carbonyl (C=O) groups is 3. The van der Waals surface area contributed by atoms with E-state index in [0.717, 1.165) is 5.56 Å². The van der Waals surface area contributed by atoms with Crippen LogP contribution in [0.15, 0.2) is 72.8 Å². The summed E-state index contributed by atoms with van der Waals surface area (Å²) < 4.78 is 0. The molecule has 0 spiro atoms. The SMILES string of the molecule is CCC(=O)Nc1cccc(C(=O)Nc2ccccc2C(=O)Nc2cccc(C)c2)c1. The maximum absolute atomic E-state index is 12.8. The average Bonchev–Trinajstić information content (AvgIpc) is 2.74. The molecule has 0 saturated heterocycles. The van der Waals surface area contributed by atoms with E-state index in [4.69, 9.17) is 0 Å². The summed E-state index contributed by atoms with van der Waals surface area (Å²) in [5, 5.41) is 8.37. The summed E-state index contributed by atoms with van der Waals surface area (Å²) in [4.78, 5) is 37.1. The molecule has 0 aromatic heterocycles. The number of benzene rings is 3. The van der Waals surface area contributed by atoms with Crippen LogP contribution >= 0.6 is 0 Å². The van der Waals surface area contributed by atoms with Crippen LogP contribution in [0, 0.1) is 6.92 Å². The summed E-state index contributed by atoms with van der Waals surface area (Å²) in [5.41, 5.74) is 3.38. The summed E-state index contributed by atoms with van der Waals surface area (Å²) in [6.07, 6.45) is 0.347. The molecule has 3 aromatic rings. The largest absolute Gasteiger partial charge is 0.326 e. The molecule has 152 valence electrons. The first-order valence-corrected chi connectivity index (χ1v) is 9.64. The van der Waals surface area contributed by atoms with Gasteiger partial charge in [0.25, 0.3) is 11.8 Å². The van der Waals surface area contributed by atoms with Crippen molar-refractivity contribution in [2.24, 2.45) is 0 Å². The van der Waals surface area contributed by atoms with Gasteiger partial charge in [-0.05, 0) is 55.0 Å². The molecule has 0 aliphatic heterocycles. The van der Waals surface area contributed by atoms with Crippen LogP contribution < -0.4 is 16.0 Å². The first-order valence-electron chi connectivity index (χ1n) is 9.64. The molecule has 0 unspecified atom stereocenters. The smallest absolute Gasteiger partial charge is 0.257 e. The average molecular weight is 401 g/mol. The molecule has 3 N–H and O–H groups in total. The highest BCUT2D eigenvalue weighted by molar-refractivity contribution is 6.12. The van der Waals surface area contributed by atoms with Crippen molar-refractivity contribution in [3.8, 4) is 0 Å². The Morgan fingerprint density at radius 2 is 1.43 bits per heavy atom. The van der Waals surface area contributed by atoms with E-state index in [1.54, 1.807) is 55.5 Å². The molecule has 0 aliphatic rings. The minimum atomic E-state index is -0.376. The second kappa shape index (κ2) is 9.52. The van der Waals surface area contributed by atoms with Gasteiger partial charge in [0.2, 0.25) is 5.91 Å². The Morgan fingerprint density at radius 3 is 2.17 bits per heavy atom. The van der Waals surface area contributed by atoms with Gasteiger partial charge in [0.1, 0.15) is 0 Å². The van der Waals surface area contributed by atoms with Crippen LogP contribution in [0.1, 0.15) is 39.6 Å². The van der Waals surface area contributed by atoms with Gasteiger partial charge in [-0.1, -0.05) is 37.3 Å². The molecule has 0 aliphatic carbocycles. The van der Waals surface area contributed by atoms with Gasteiger partial charge < -0.3 is 16.0 Å². The fraction of sp³-hybridized carbons (Fsp3) is 0.125. The predicted octanol–water partition coefficient (Wildman–Crippen LogP) is 4.85. The Bertz CT molecular complexity index is 1090. The normalized spacial score (nSPS) is 10.2. The Labute approximate surface area is 175 Å². The molecule has 3 amide bonds. The maximum atomic E-state index is 12.8. The van der Waals surface area contributed by atoms with E-state index in [0.29, 0.717) is 34.6 Å². The van der Waals surface area contributed by atoms with E-state index in [-0.39, 0.29) is 17.7 Å². The number of nitrogens with one attached hydrogen (secondary N) is 3. The Balaban J connectivity index is 1.77. The Kier molecular flexibility index (Phi) is 6.60. The predicted molar refractivity (Wildman–Crippen MR) is 119 cm³/mol. The molecular formula is C24H23N3O3. The van der Waals surface area contributed by atoms with Crippen molar-refractivity contribution >= 4 is 34.8 Å². The zero-order valence-electron chi connectivity index (χ0n) is 16.9. The van der Waals surface area contributed by atoms with Gasteiger partial charge >= 0.3 is 0 Å². The maximum Gasteiger partial charge on any atom is 0.257 e. The Hall–Kier alpha value is -3.93. The third-order valence-corrected chi connectivity index (χ3v) is 4.43. The summed E-state index contributed by atoms with van der Waals surface area (Å²) in [5.74, 6) is -0.829. The van der Waals surface area contributed by atoms with Crippen molar-refractivity contribution < 1.29 is 14.4 Å². The topological polar surface area (TPSA) is 87.3 Å². The number of amides is 3. The van der Waals surface area contributed by atoms with Crippen molar-refractivity contribution in [1.29, 1.82) is 0 Å². The van der Waals surface area contributed by atoms with Crippen molar-refractivity contribution in [3.63, 3.8) is 0 Å². The molecular weight excluding hydrogens is 378 g/mol. The lowest BCUT2D eigenvalue weighted by Crippen LogP contribution is -2.18. The Morgan fingerprint density at radius 1 is 0.733 bits per heavy atom. The van der Waals surface area contributed by atoms with Gasteiger partial charge in [0, 0.05) is 23.4 Å². The fourth-order valence-corrected chi connectivity index (χ4v) is 2.89. The standard InChI is InChI=1S/C24H23N3O3/c1-3-22(28)25-19-11-7-9-17(15-19)23(29)27-21-13-5-4-12-20(21)24(30)26-18-10-6-8-16(2)14-18/h4-15H,3H2,1-2H3,(H,25,28)(H,26,30)(H,27,29). The highest BCUT2D eigenvalue weighted by Gasteiger charge is 2.15. The molecule has 0 heterocycles. The van der Waals surface area contributed by atoms with Gasteiger partial charge in [-0.2, -0.15) is 0 Å². The first-order chi connectivity index (χ1) is 14.5. The van der Waals surface area contributed by atoms with Crippen LogP contribution in [-0.2, 0) is 4.79 Å².